The van der Waals surface area contributed by atoms with Crippen LogP contribution in [-0.4, -0.2) is 45.4 Å². The second-order valence-electron chi connectivity index (χ2n) is 9.66. The summed E-state index contributed by atoms with van der Waals surface area (Å²) < 4.78 is 6.99. The van der Waals surface area contributed by atoms with Gasteiger partial charge in [-0.2, -0.15) is 0 Å². The van der Waals surface area contributed by atoms with E-state index in [1.165, 1.54) is 7.11 Å². The molecule has 1 aliphatic heterocycles. The summed E-state index contributed by atoms with van der Waals surface area (Å²) in [5.41, 5.74) is 6.09. The fourth-order valence-electron chi connectivity index (χ4n) is 5.26. The van der Waals surface area contributed by atoms with E-state index in [9.17, 15) is 14.7 Å². The summed E-state index contributed by atoms with van der Waals surface area (Å²) >= 11 is 12.5. The van der Waals surface area contributed by atoms with Crippen molar-refractivity contribution in [2.24, 2.45) is 0 Å². The largest absolute Gasteiger partial charge is 0.478 e. The zero-order valence-electron chi connectivity index (χ0n) is 22.6. The van der Waals surface area contributed by atoms with Gasteiger partial charge in [0.05, 0.1) is 34.1 Å². The molecule has 1 amide bonds. The van der Waals surface area contributed by atoms with Crippen LogP contribution >= 0.6 is 23.8 Å². The number of methoxy groups -OCH3 is 1. The van der Waals surface area contributed by atoms with Gasteiger partial charge in [-0.1, -0.05) is 17.7 Å². The number of carboxylic acids is 1. The maximum absolute atomic E-state index is 12.1. The lowest BCUT2D eigenvalue weighted by molar-refractivity contribution is -0.119. The Morgan fingerprint density at radius 1 is 1.10 bits per heavy atom. The van der Waals surface area contributed by atoms with E-state index in [1.807, 2.05) is 43.0 Å². The van der Waals surface area contributed by atoms with Crippen LogP contribution in [0.1, 0.15) is 45.1 Å². The normalized spacial score (nSPS) is 16.5. The van der Waals surface area contributed by atoms with Gasteiger partial charge >= 0.3 is 5.97 Å². The third-order valence-corrected chi connectivity index (χ3v) is 7.67. The van der Waals surface area contributed by atoms with Crippen molar-refractivity contribution >= 4 is 52.2 Å². The van der Waals surface area contributed by atoms with Crippen molar-refractivity contribution in [3.8, 4) is 5.69 Å². The first-order chi connectivity index (χ1) is 19.7. The molecule has 1 fully saturated rings. The number of rotatable bonds is 8. The van der Waals surface area contributed by atoms with E-state index in [2.05, 4.69) is 26.3 Å². The van der Waals surface area contributed by atoms with E-state index in [1.54, 1.807) is 42.6 Å². The van der Waals surface area contributed by atoms with E-state index in [0.717, 1.165) is 34.0 Å². The SMILES string of the molecule is COCC(=O)Nc1ccc(N2C(=S)N[C@@H](c3ccccn3)[C@H]2c2cc(C)n(-c3ccc(C(=O)O)cc3)c2C)cc1Cl. The van der Waals surface area contributed by atoms with E-state index in [-0.39, 0.29) is 30.2 Å². The zero-order chi connectivity index (χ0) is 29.3. The zero-order valence-corrected chi connectivity index (χ0v) is 24.2. The van der Waals surface area contributed by atoms with Crippen LogP contribution in [0.25, 0.3) is 5.69 Å². The van der Waals surface area contributed by atoms with Crippen molar-refractivity contribution in [1.29, 1.82) is 0 Å². The van der Waals surface area contributed by atoms with Crippen LogP contribution in [0.2, 0.25) is 5.02 Å². The van der Waals surface area contributed by atoms with Crippen LogP contribution in [0.5, 0.6) is 0 Å². The minimum absolute atomic E-state index is 0.0826. The maximum atomic E-state index is 12.1. The Morgan fingerprint density at radius 2 is 1.83 bits per heavy atom. The number of amides is 1. The summed E-state index contributed by atoms with van der Waals surface area (Å²) in [5.74, 6) is -1.28. The van der Waals surface area contributed by atoms with Crippen molar-refractivity contribution in [2.45, 2.75) is 25.9 Å². The number of ether oxygens (including phenoxy) is 1. The fourth-order valence-corrected chi connectivity index (χ4v) is 5.83. The molecule has 0 unspecified atom stereocenters. The quantitative estimate of drug-likeness (QED) is 0.228. The van der Waals surface area contributed by atoms with Crippen LogP contribution in [0.15, 0.2) is 72.9 Å². The minimum atomic E-state index is -0.972. The number of halogens is 1. The van der Waals surface area contributed by atoms with Crippen molar-refractivity contribution in [3.63, 3.8) is 0 Å². The van der Waals surface area contributed by atoms with Gasteiger partial charge in [0.2, 0.25) is 5.91 Å². The third kappa shape index (κ3) is 5.54. The molecule has 41 heavy (non-hydrogen) atoms. The monoisotopic (exact) mass is 589 g/mol. The Balaban J connectivity index is 1.59. The highest BCUT2D eigenvalue weighted by molar-refractivity contribution is 7.80. The molecular formula is C30H28ClN5O4S. The van der Waals surface area contributed by atoms with Gasteiger partial charge in [0.15, 0.2) is 5.11 Å². The van der Waals surface area contributed by atoms with E-state index < -0.39 is 5.97 Å². The summed E-state index contributed by atoms with van der Waals surface area (Å²) in [4.78, 5) is 30.1. The average molecular weight is 590 g/mol. The molecule has 2 aromatic carbocycles. The number of hydrogen-bond donors (Lipinski definition) is 3. The number of aromatic carboxylic acids is 1. The number of aromatic nitrogens is 2. The number of hydrogen-bond acceptors (Lipinski definition) is 5. The third-order valence-electron chi connectivity index (χ3n) is 7.04. The number of pyridine rings is 1. The summed E-state index contributed by atoms with van der Waals surface area (Å²) in [6, 6.07) is 19.5. The predicted octanol–water partition coefficient (Wildman–Crippen LogP) is 5.60. The lowest BCUT2D eigenvalue weighted by atomic mass is 9.96. The first-order valence-corrected chi connectivity index (χ1v) is 13.6. The number of carboxylic acid groups (broad SMARTS) is 1. The average Bonchev–Trinajstić information content (AvgIpc) is 3.45. The van der Waals surface area contributed by atoms with Gasteiger partial charge in [0.25, 0.3) is 0 Å². The van der Waals surface area contributed by atoms with Gasteiger partial charge in [-0.15, -0.1) is 0 Å². The molecule has 2 atom stereocenters. The number of carbonyl (C=O) groups excluding carboxylic acids is 1. The van der Waals surface area contributed by atoms with Gasteiger partial charge < -0.3 is 29.9 Å². The van der Waals surface area contributed by atoms with E-state index in [0.29, 0.717) is 15.8 Å². The number of benzene rings is 2. The molecule has 0 aliphatic carbocycles. The van der Waals surface area contributed by atoms with Crippen molar-refractivity contribution in [2.75, 3.05) is 23.9 Å². The van der Waals surface area contributed by atoms with Gasteiger partial charge in [-0.3, -0.25) is 9.78 Å². The molecule has 9 nitrogen and oxygen atoms in total. The van der Waals surface area contributed by atoms with Gasteiger partial charge in [0.1, 0.15) is 6.61 Å². The molecule has 0 radical (unpaired) electrons. The molecular weight excluding hydrogens is 562 g/mol. The summed E-state index contributed by atoms with van der Waals surface area (Å²) in [5, 5.41) is 16.4. The second-order valence-corrected chi connectivity index (χ2v) is 10.4. The highest BCUT2D eigenvalue weighted by Gasteiger charge is 2.42. The van der Waals surface area contributed by atoms with Gasteiger partial charge in [-0.25, -0.2) is 4.79 Å². The fraction of sp³-hybridized carbons (Fsp3) is 0.200. The van der Waals surface area contributed by atoms with Crippen LogP contribution in [0.3, 0.4) is 0 Å². The predicted molar refractivity (Wildman–Crippen MR) is 162 cm³/mol. The van der Waals surface area contributed by atoms with Gasteiger partial charge in [-0.05, 0) is 92.3 Å². The van der Waals surface area contributed by atoms with Crippen molar-refractivity contribution in [1.82, 2.24) is 14.9 Å². The Labute approximate surface area is 247 Å². The van der Waals surface area contributed by atoms with Crippen LogP contribution in [-0.2, 0) is 9.53 Å². The molecule has 0 bridgehead atoms. The molecule has 1 saturated heterocycles. The number of nitrogens with zero attached hydrogens (tertiary/aromatic N) is 3. The molecule has 11 heteroatoms. The Hall–Kier alpha value is -4.25. The first-order valence-electron chi connectivity index (χ1n) is 12.8. The summed E-state index contributed by atoms with van der Waals surface area (Å²) in [6.07, 6.45) is 1.75. The molecule has 0 saturated carbocycles. The Morgan fingerprint density at radius 3 is 2.46 bits per heavy atom. The van der Waals surface area contributed by atoms with Gasteiger partial charge in [0, 0.05) is 36.1 Å². The number of thiocarbonyl (C=S) groups is 1. The van der Waals surface area contributed by atoms with E-state index >= 15 is 0 Å². The summed E-state index contributed by atoms with van der Waals surface area (Å²) in [7, 11) is 1.45. The first kappa shape index (κ1) is 28.3. The number of anilines is 2. The van der Waals surface area contributed by atoms with Crippen LogP contribution < -0.4 is 15.5 Å². The molecule has 5 rings (SSSR count). The molecule has 3 heterocycles. The molecule has 4 aromatic rings. The highest BCUT2D eigenvalue weighted by Crippen LogP contribution is 2.44. The lowest BCUT2D eigenvalue weighted by Crippen LogP contribution is -2.29. The molecule has 0 spiro atoms. The molecule has 1 aliphatic rings. The number of nitrogens with one attached hydrogen (secondary N) is 2. The lowest BCUT2D eigenvalue weighted by Gasteiger charge is -2.28. The molecule has 3 N–H and O–H groups in total. The standard InChI is InChI=1S/C30H28ClN5O4S/c1-17-14-22(18(2)35(17)20-9-7-19(8-10-20)29(38)39)28-27(25-6-4-5-13-32-25)34-30(41)36(28)21-11-12-24(23(31)15-21)33-26(37)16-40-3/h4-15,27-28H,16H2,1-3H3,(H,33,37)(H,34,41)(H,38,39)/t27-,28+/m0/s1. The highest BCUT2D eigenvalue weighted by atomic mass is 35.5. The second kappa shape index (κ2) is 11.7. The topological polar surface area (TPSA) is 109 Å². The number of aryl methyl sites for hydroxylation is 1. The smallest absolute Gasteiger partial charge is 0.335 e. The van der Waals surface area contributed by atoms with Crippen LogP contribution in [0, 0.1) is 13.8 Å². The van der Waals surface area contributed by atoms with Crippen LogP contribution in [0.4, 0.5) is 11.4 Å². The summed E-state index contributed by atoms with van der Waals surface area (Å²) in [6.45, 7) is 3.96. The minimum Gasteiger partial charge on any atom is -0.478 e. The number of carbonyl (C=O) groups is 2. The van der Waals surface area contributed by atoms with E-state index in [4.69, 9.17) is 28.6 Å². The maximum Gasteiger partial charge on any atom is 0.335 e. The van der Waals surface area contributed by atoms with Crippen molar-refractivity contribution in [3.05, 3.63) is 106 Å². The molecule has 210 valence electrons. The van der Waals surface area contributed by atoms with Crippen molar-refractivity contribution < 1.29 is 19.4 Å². The molecule has 2 aromatic heterocycles. The Bertz CT molecular complexity index is 1620. The Kier molecular flexibility index (Phi) is 8.07.